The fraction of sp³-hybridized carbons (Fsp3) is 0.571. The number of phenolic OH excluding ortho intramolecular Hbond substituents is 1. The standard InChI is InChI=1S/C14H19F2NOS/c1-19-11-4-2-10(3-5-11)17-8-9-6-12(15)14(18)13(16)7-9/h6-7,10-11,17-18H,2-5,8H2,1H3. The largest absolute Gasteiger partial charge is 0.503 e. The van der Waals surface area contributed by atoms with E-state index in [1.54, 1.807) is 0 Å². The summed E-state index contributed by atoms with van der Waals surface area (Å²) in [5.74, 6) is -2.70. The third kappa shape index (κ3) is 3.83. The number of hydrogen-bond acceptors (Lipinski definition) is 3. The lowest BCUT2D eigenvalue weighted by Crippen LogP contribution is -2.33. The monoisotopic (exact) mass is 287 g/mol. The summed E-state index contributed by atoms with van der Waals surface area (Å²) in [6.45, 7) is 0.433. The van der Waals surface area contributed by atoms with Crippen molar-refractivity contribution in [3.63, 3.8) is 0 Å². The van der Waals surface area contributed by atoms with Gasteiger partial charge in [-0.05, 0) is 49.6 Å². The van der Waals surface area contributed by atoms with Crippen LogP contribution in [-0.2, 0) is 6.54 Å². The Morgan fingerprint density at radius 2 is 1.79 bits per heavy atom. The van der Waals surface area contributed by atoms with Gasteiger partial charge in [-0.15, -0.1) is 0 Å². The van der Waals surface area contributed by atoms with Crippen molar-refractivity contribution in [3.05, 3.63) is 29.3 Å². The van der Waals surface area contributed by atoms with Crippen molar-refractivity contribution in [2.75, 3.05) is 6.26 Å². The summed E-state index contributed by atoms with van der Waals surface area (Å²) < 4.78 is 26.4. The van der Waals surface area contributed by atoms with Gasteiger partial charge in [0.2, 0.25) is 0 Å². The summed E-state index contributed by atoms with van der Waals surface area (Å²) in [7, 11) is 0. The van der Waals surface area contributed by atoms with Gasteiger partial charge in [-0.3, -0.25) is 0 Å². The second-order valence-electron chi connectivity index (χ2n) is 5.00. The van der Waals surface area contributed by atoms with Crippen LogP contribution in [0.3, 0.4) is 0 Å². The zero-order valence-electron chi connectivity index (χ0n) is 11.0. The lowest BCUT2D eigenvalue weighted by molar-refractivity contribution is 0.375. The lowest BCUT2D eigenvalue weighted by atomic mass is 9.95. The van der Waals surface area contributed by atoms with Crippen molar-refractivity contribution in [3.8, 4) is 5.75 Å². The van der Waals surface area contributed by atoms with Crippen LogP contribution < -0.4 is 5.32 Å². The van der Waals surface area contributed by atoms with Crippen molar-refractivity contribution >= 4 is 11.8 Å². The minimum Gasteiger partial charge on any atom is -0.503 e. The molecule has 5 heteroatoms. The van der Waals surface area contributed by atoms with Gasteiger partial charge in [0, 0.05) is 17.8 Å². The van der Waals surface area contributed by atoms with Gasteiger partial charge < -0.3 is 10.4 Å². The molecule has 2 rings (SSSR count). The Hall–Kier alpha value is -0.810. The Morgan fingerprint density at radius 1 is 1.21 bits per heavy atom. The Bertz CT molecular complexity index is 410. The number of hydrogen-bond donors (Lipinski definition) is 2. The first-order chi connectivity index (χ1) is 9.10. The number of aromatic hydroxyl groups is 1. The molecule has 0 aromatic heterocycles. The topological polar surface area (TPSA) is 32.3 Å². The molecular weight excluding hydrogens is 268 g/mol. The minimum atomic E-state index is -0.900. The molecule has 2 N–H and O–H groups in total. The molecule has 0 unspecified atom stereocenters. The summed E-state index contributed by atoms with van der Waals surface area (Å²) in [5, 5.41) is 13.1. The number of rotatable bonds is 4. The number of thioether (sulfide) groups is 1. The van der Waals surface area contributed by atoms with E-state index in [-0.39, 0.29) is 0 Å². The molecule has 0 atom stereocenters. The molecule has 0 amide bonds. The van der Waals surface area contributed by atoms with Crippen LogP contribution in [0.2, 0.25) is 0 Å². The minimum absolute atomic E-state index is 0.420. The highest BCUT2D eigenvalue weighted by Crippen LogP contribution is 2.27. The van der Waals surface area contributed by atoms with E-state index >= 15 is 0 Å². The molecule has 0 saturated heterocycles. The molecule has 1 aliphatic carbocycles. The Balaban J connectivity index is 1.86. The average Bonchev–Trinajstić information content (AvgIpc) is 2.43. The second-order valence-corrected chi connectivity index (χ2v) is 6.14. The van der Waals surface area contributed by atoms with Gasteiger partial charge in [-0.2, -0.15) is 11.8 Å². The van der Waals surface area contributed by atoms with E-state index in [0.717, 1.165) is 18.1 Å². The van der Waals surface area contributed by atoms with Crippen molar-refractivity contribution in [1.82, 2.24) is 5.32 Å². The zero-order chi connectivity index (χ0) is 13.8. The number of nitrogens with one attached hydrogen (secondary N) is 1. The molecule has 0 spiro atoms. The molecule has 0 aliphatic heterocycles. The lowest BCUT2D eigenvalue weighted by Gasteiger charge is -2.28. The van der Waals surface area contributed by atoms with E-state index in [1.165, 1.54) is 25.0 Å². The van der Waals surface area contributed by atoms with E-state index in [1.807, 2.05) is 11.8 Å². The van der Waals surface area contributed by atoms with Crippen molar-refractivity contribution in [1.29, 1.82) is 0 Å². The fourth-order valence-corrected chi connectivity index (χ4v) is 3.23. The summed E-state index contributed by atoms with van der Waals surface area (Å²) in [4.78, 5) is 0. The molecule has 106 valence electrons. The molecule has 2 nitrogen and oxygen atoms in total. The van der Waals surface area contributed by atoms with Gasteiger partial charge in [-0.1, -0.05) is 0 Å². The highest BCUT2D eigenvalue weighted by Gasteiger charge is 2.20. The van der Waals surface area contributed by atoms with Crippen molar-refractivity contribution < 1.29 is 13.9 Å². The predicted octanol–water partition coefficient (Wildman–Crippen LogP) is 3.43. The van der Waals surface area contributed by atoms with Crippen LogP contribution in [0.15, 0.2) is 12.1 Å². The molecule has 1 fully saturated rings. The quantitative estimate of drug-likeness (QED) is 0.890. The van der Waals surface area contributed by atoms with Crippen LogP contribution in [0.1, 0.15) is 31.2 Å². The smallest absolute Gasteiger partial charge is 0.187 e. The highest BCUT2D eigenvalue weighted by molar-refractivity contribution is 7.99. The molecule has 1 saturated carbocycles. The Kier molecular flexibility index (Phi) is 5.05. The maximum absolute atomic E-state index is 13.2. The van der Waals surface area contributed by atoms with Gasteiger partial charge in [0.25, 0.3) is 0 Å². The fourth-order valence-electron chi connectivity index (χ4n) is 2.48. The highest BCUT2D eigenvalue weighted by atomic mass is 32.2. The zero-order valence-corrected chi connectivity index (χ0v) is 11.8. The van der Waals surface area contributed by atoms with Crippen molar-refractivity contribution in [2.24, 2.45) is 0 Å². The number of benzene rings is 1. The van der Waals surface area contributed by atoms with Gasteiger partial charge in [-0.25, -0.2) is 8.78 Å². The van der Waals surface area contributed by atoms with Gasteiger partial charge in [0.1, 0.15) is 0 Å². The predicted molar refractivity (Wildman–Crippen MR) is 74.4 cm³/mol. The van der Waals surface area contributed by atoms with E-state index in [4.69, 9.17) is 5.11 Å². The van der Waals surface area contributed by atoms with Crippen LogP contribution in [0.4, 0.5) is 8.78 Å². The van der Waals surface area contributed by atoms with Crippen molar-refractivity contribution in [2.45, 2.75) is 43.5 Å². The summed E-state index contributed by atoms with van der Waals surface area (Å²) in [6.07, 6.45) is 6.73. The first kappa shape index (κ1) is 14.6. The van der Waals surface area contributed by atoms with Crippen LogP contribution in [0.5, 0.6) is 5.75 Å². The number of phenols is 1. The maximum Gasteiger partial charge on any atom is 0.187 e. The molecule has 1 aromatic carbocycles. The first-order valence-corrected chi connectivity index (χ1v) is 7.82. The molecule has 0 radical (unpaired) electrons. The van der Waals surface area contributed by atoms with Crippen LogP contribution >= 0.6 is 11.8 Å². The Morgan fingerprint density at radius 3 is 2.32 bits per heavy atom. The van der Waals surface area contributed by atoms with E-state index in [2.05, 4.69) is 11.6 Å². The number of halogens is 2. The van der Waals surface area contributed by atoms with E-state index in [9.17, 15) is 8.78 Å². The normalized spacial score (nSPS) is 23.5. The van der Waals surface area contributed by atoms with Gasteiger partial charge >= 0.3 is 0 Å². The van der Waals surface area contributed by atoms with E-state index < -0.39 is 17.4 Å². The van der Waals surface area contributed by atoms with Gasteiger partial charge in [0.15, 0.2) is 17.4 Å². The summed E-state index contributed by atoms with van der Waals surface area (Å²) in [5.41, 5.74) is 0.528. The molecule has 19 heavy (non-hydrogen) atoms. The third-order valence-electron chi connectivity index (χ3n) is 3.68. The third-order valence-corrected chi connectivity index (χ3v) is 4.82. The van der Waals surface area contributed by atoms with Crippen LogP contribution in [0.25, 0.3) is 0 Å². The molecule has 1 aromatic rings. The average molecular weight is 287 g/mol. The van der Waals surface area contributed by atoms with Crippen LogP contribution in [-0.4, -0.2) is 22.7 Å². The first-order valence-electron chi connectivity index (χ1n) is 6.53. The second kappa shape index (κ2) is 6.57. The van der Waals surface area contributed by atoms with Crippen LogP contribution in [0, 0.1) is 11.6 Å². The molecule has 0 bridgehead atoms. The summed E-state index contributed by atoms with van der Waals surface area (Å²) in [6, 6.07) is 2.78. The van der Waals surface area contributed by atoms with E-state index in [0.29, 0.717) is 18.2 Å². The Labute approximate surface area is 116 Å². The SMILES string of the molecule is CSC1CCC(NCc2cc(F)c(O)c(F)c2)CC1. The maximum atomic E-state index is 13.2. The summed E-state index contributed by atoms with van der Waals surface area (Å²) >= 11 is 1.91. The van der Waals surface area contributed by atoms with Gasteiger partial charge in [0.05, 0.1) is 0 Å². The molecule has 1 aliphatic rings. The molecule has 0 heterocycles. The molecular formula is C14H19F2NOS.